The molecule has 3 nitrogen and oxygen atoms in total. The number of nitrogens with one attached hydrogen (secondary N) is 1. The minimum atomic E-state index is 0.0898. The van der Waals surface area contributed by atoms with Crippen LogP contribution in [0, 0.1) is 0 Å². The van der Waals surface area contributed by atoms with Gasteiger partial charge in [0.1, 0.15) is 0 Å². The van der Waals surface area contributed by atoms with Crippen molar-refractivity contribution >= 4 is 17.7 Å². The lowest BCUT2D eigenvalue weighted by Gasteiger charge is -2.37. The summed E-state index contributed by atoms with van der Waals surface area (Å²) < 4.78 is 0. The van der Waals surface area contributed by atoms with Gasteiger partial charge >= 0.3 is 0 Å². The molecule has 0 radical (unpaired) electrons. The Balaban J connectivity index is 1.90. The number of piperidine rings is 1. The molecule has 1 saturated carbocycles. The molecule has 2 aliphatic rings. The van der Waals surface area contributed by atoms with Gasteiger partial charge in [0.05, 0.1) is 6.04 Å². The number of amides is 1. The second kappa shape index (κ2) is 6.80. The standard InChI is InChI=1S/C14H26N2OS/c1-3-8-15-13-5-4-9-16(14(13)17)11-6-7-12(10-11)18-2/h11-13,15H,3-10H2,1-2H3. The zero-order valence-corrected chi connectivity index (χ0v) is 12.5. The maximum atomic E-state index is 12.5. The third kappa shape index (κ3) is 3.21. The number of hydrogen-bond acceptors (Lipinski definition) is 3. The van der Waals surface area contributed by atoms with Gasteiger partial charge in [0.15, 0.2) is 0 Å². The first-order valence-electron chi connectivity index (χ1n) is 7.33. The SMILES string of the molecule is CCCNC1CCCN(C2CCC(SC)C2)C1=O. The highest BCUT2D eigenvalue weighted by Gasteiger charge is 2.36. The quantitative estimate of drug-likeness (QED) is 0.832. The van der Waals surface area contributed by atoms with E-state index in [1.807, 2.05) is 11.8 Å². The minimum Gasteiger partial charge on any atom is -0.338 e. The Bertz CT molecular complexity index is 285. The van der Waals surface area contributed by atoms with Crippen LogP contribution in [0.15, 0.2) is 0 Å². The number of nitrogens with zero attached hydrogens (tertiary/aromatic N) is 1. The lowest BCUT2D eigenvalue weighted by molar-refractivity contribution is -0.138. The average molecular weight is 270 g/mol. The summed E-state index contributed by atoms with van der Waals surface area (Å²) in [5.74, 6) is 0.362. The van der Waals surface area contributed by atoms with Gasteiger partial charge in [-0.3, -0.25) is 4.79 Å². The second-order valence-electron chi connectivity index (χ2n) is 5.51. The van der Waals surface area contributed by atoms with Crippen molar-refractivity contribution in [3.63, 3.8) is 0 Å². The van der Waals surface area contributed by atoms with E-state index in [9.17, 15) is 4.79 Å². The van der Waals surface area contributed by atoms with Crippen LogP contribution in [0.4, 0.5) is 0 Å². The van der Waals surface area contributed by atoms with E-state index < -0.39 is 0 Å². The van der Waals surface area contributed by atoms with E-state index >= 15 is 0 Å². The van der Waals surface area contributed by atoms with Crippen LogP contribution in [-0.2, 0) is 4.79 Å². The number of thioether (sulfide) groups is 1. The van der Waals surface area contributed by atoms with E-state index in [2.05, 4.69) is 23.4 Å². The Kier molecular flexibility index (Phi) is 5.37. The maximum Gasteiger partial charge on any atom is 0.239 e. The van der Waals surface area contributed by atoms with Gasteiger partial charge in [0.2, 0.25) is 5.91 Å². The predicted molar refractivity (Wildman–Crippen MR) is 78.0 cm³/mol. The molecular weight excluding hydrogens is 244 g/mol. The molecule has 0 aromatic carbocycles. The van der Waals surface area contributed by atoms with Crippen molar-refractivity contribution in [3.05, 3.63) is 0 Å². The molecule has 3 atom stereocenters. The van der Waals surface area contributed by atoms with E-state index in [1.165, 1.54) is 19.3 Å². The summed E-state index contributed by atoms with van der Waals surface area (Å²) in [4.78, 5) is 14.6. The first-order valence-corrected chi connectivity index (χ1v) is 8.61. The second-order valence-corrected chi connectivity index (χ2v) is 6.64. The molecular formula is C14H26N2OS. The third-order valence-electron chi connectivity index (χ3n) is 4.24. The zero-order chi connectivity index (χ0) is 13.0. The van der Waals surface area contributed by atoms with Gasteiger partial charge in [-0.2, -0.15) is 11.8 Å². The molecule has 4 heteroatoms. The summed E-state index contributed by atoms with van der Waals surface area (Å²) in [6, 6.07) is 0.605. The molecule has 2 fully saturated rings. The van der Waals surface area contributed by atoms with Gasteiger partial charge in [-0.15, -0.1) is 0 Å². The van der Waals surface area contributed by atoms with Gasteiger partial charge in [0.25, 0.3) is 0 Å². The molecule has 0 aromatic heterocycles. The van der Waals surface area contributed by atoms with Crippen LogP contribution < -0.4 is 5.32 Å². The third-order valence-corrected chi connectivity index (χ3v) is 5.34. The Morgan fingerprint density at radius 1 is 1.39 bits per heavy atom. The molecule has 18 heavy (non-hydrogen) atoms. The lowest BCUT2D eigenvalue weighted by Crippen LogP contribution is -2.53. The molecule has 1 aliphatic heterocycles. The molecule has 1 saturated heterocycles. The molecule has 0 spiro atoms. The first kappa shape index (κ1) is 14.2. The molecule has 1 N–H and O–H groups in total. The Morgan fingerprint density at radius 2 is 2.22 bits per heavy atom. The number of carbonyl (C=O) groups is 1. The molecule has 104 valence electrons. The predicted octanol–water partition coefficient (Wildman–Crippen LogP) is 2.26. The first-order chi connectivity index (χ1) is 8.76. The van der Waals surface area contributed by atoms with Crippen LogP contribution in [0.2, 0.25) is 0 Å². The van der Waals surface area contributed by atoms with Gasteiger partial charge in [-0.1, -0.05) is 6.92 Å². The topological polar surface area (TPSA) is 32.3 Å². The number of carbonyl (C=O) groups excluding carboxylic acids is 1. The van der Waals surface area contributed by atoms with Crippen molar-refractivity contribution in [1.29, 1.82) is 0 Å². The van der Waals surface area contributed by atoms with Crippen molar-refractivity contribution in [2.45, 2.75) is 62.8 Å². The summed E-state index contributed by atoms with van der Waals surface area (Å²) in [6.07, 6.45) is 9.16. The van der Waals surface area contributed by atoms with Crippen LogP contribution in [0.1, 0.15) is 45.4 Å². The Hall–Kier alpha value is -0.220. The van der Waals surface area contributed by atoms with E-state index in [-0.39, 0.29) is 6.04 Å². The number of hydrogen-bond donors (Lipinski definition) is 1. The van der Waals surface area contributed by atoms with E-state index in [0.717, 1.165) is 37.6 Å². The summed E-state index contributed by atoms with van der Waals surface area (Å²) >= 11 is 1.96. The van der Waals surface area contributed by atoms with Gasteiger partial charge in [-0.25, -0.2) is 0 Å². The van der Waals surface area contributed by atoms with E-state index in [0.29, 0.717) is 11.9 Å². The van der Waals surface area contributed by atoms with Crippen LogP contribution >= 0.6 is 11.8 Å². The molecule has 1 heterocycles. The molecule has 2 rings (SSSR count). The number of likely N-dealkylation sites (tertiary alicyclic amines) is 1. The van der Waals surface area contributed by atoms with E-state index in [1.54, 1.807) is 0 Å². The van der Waals surface area contributed by atoms with Crippen LogP contribution in [0.3, 0.4) is 0 Å². The smallest absolute Gasteiger partial charge is 0.239 e. The summed E-state index contributed by atoms with van der Waals surface area (Å²) in [7, 11) is 0. The van der Waals surface area contributed by atoms with Crippen molar-refractivity contribution in [1.82, 2.24) is 10.2 Å². The van der Waals surface area contributed by atoms with Crippen molar-refractivity contribution in [2.75, 3.05) is 19.3 Å². The summed E-state index contributed by atoms with van der Waals surface area (Å²) in [5, 5.41) is 4.17. The van der Waals surface area contributed by atoms with E-state index in [4.69, 9.17) is 0 Å². The fourth-order valence-electron chi connectivity index (χ4n) is 3.18. The number of rotatable bonds is 5. The highest BCUT2D eigenvalue weighted by Crippen LogP contribution is 2.33. The van der Waals surface area contributed by atoms with Crippen LogP contribution in [0.5, 0.6) is 0 Å². The molecule has 0 bridgehead atoms. The van der Waals surface area contributed by atoms with Crippen molar-refractivity contribution in [2.24, 2.45) is 0 Å². The molecule has 0 aromatic rings. The van der Waals surface area contributed by atoms with Crippen LogP contribution in [0.25, 0.3) is 0 Å². The van der Waals surface area contributed by atoms with Crippen molar-refractivity contribution in [3.8, 4) is 0 Å². The molecule has 3 unspecified atom stereocenters. The van der Waals surface area contributed by atoms with Crippen LogP contribution in [-0.4, -0.2) is 47.5 Å². The van der Waals surface area contributed by atoms with Gasteiger partial charge < -0.3 is 10.2 Å². The molecule has 1 aliphatic carbocycles. The highest BCUT2D eigenvalue weighted by molar-refractivity contribution is 7.99. The highest BCUT2D eigenvalue weighted by atomic mass is 32.2. The molecule has 1 amide bonds. The average Bonchev–Trinajstić information content (AvgIpc) is 2.86. The monoisotopic (exact) mass is 270 g/mol. The summed E-state index contributed by atoms with van der Waals surface area (Å²) in [5.41, 5.74) is 0. The summed E-state index contributed by atoms with van der Waals surface area (Å²) in [6.45, 7) is 4.09. The van der Waals surface area contributed by atoms with Gasteiger partial charge in [-0.05, 0) is 51.3 Å². The normalized spacial score (nSPS) is 33.1. The van der Waals surface area contributed by atoms with Crippen molar-refractivity contribution < 1.29 is 4.79 Å². The Morgan fingerprint density at radius 3 is 2.89 bits per heavy atom. The largest absolute Gasteiger partial charge is 0.338 e. The zero-order valence-electron chi connectivity index (χ0n) is 11.7. The Labute approximate surface area is 115 Å². The maximum absolute atomic E-state index is 12.5. The lowest BCUT2D eigenvalue weighted by atomic mass is 10.0. The fraction of sp³-hybridized carbons (Fsp3) is 0.929. The van der Waals surface area contributed by atoms with Gasteiger partial charge in [0, 0.05) is 17.8 Å². The fourth-order valence-corrected chi connectivity index (χ4v) is 3.97. The minimum absolute atomic E-state index is 0.0898.